The molecule has 84 valence electrons. The summed E-state index contributed by atoms with van der Waals surface area (Å²) in [4.78, 5) is 0. The first-order chi connectivity index (χ1) is 6.47. The molecule has 0 aromatic rings. The fraction of sp³-hybridized carbons (Fsp3) is 1.00. The molecule has 1 saturated heterocycles. The van der Waals surface area contributed by atoms with E-state index in [9.17, 15) is 0 Å². The Morgan fingerprint density at radius 3 is 2.36 bits per heavy atom. The number of piperidine rings is 1. The Bertz CT molecular complexity index is 157. The zero-order valence-corrected chi connectivity index (χ0v) is 10.6. The molecule has 1 heterocycles. The van der Waals surface area contributed by atoms with Crippen LogP contribution >= 0.6 is 12.8 Å². The van der Waals surface area contributed by atoms with Gasteiger partial charge in [-0.2, -0.15) is 0 Å². The lowest BCUT2D eigenvalue weighted by Gasteiger charge is -2.29. The van der Waals surface area contributed by atoms with Crippen LogP contribution in [0.5, 0.6) is 0 Å². The summed E-state index contributed by atoms with van der Waals surface area (Å²) in [7, 11) is 0. The highest BCUT2D eigenvalue weighted by Crippen LogP contribution is 2.18. The number of nitrogens with one attached hydrogen (secondary N) is 1. The van der Waals surface area contributed by atoms with Crippen LogP contribution < -0.4 is 5.32 Å². The lowest BCUT2D eigenvalue weighted by Crippen LogP contribution is -2.40. The number of nitrogens with zero attached hydrogens (tertiary/aromatic N) is 1. The molecule has 3 heteroatoms. The summed E-state index contributed by atoms with van der Waals surface area (Å²) in [6, 6.07) is 0.723. The molecule has 0 radical (unpaired) electrons. The first kappa shape index (κ1) is 12.3. The third-order valence-electron chi connectivity index (χ3n) is 2.78. The van der Waals surface area contributed by atoms with Crippen molar-refractivity contribution in [3.63, 3.8) is 0 Å². The summed E-state index contributed by atoms with van der Waals surface area (Å²) in [5, 5.41) is 3.64. The van der Waals surface area contributed by atoms with Gasteiger partial charge in [-0.15, -0.1) is 0 Å². The Kier molecular flexibility index (Phi) is 4.74. The fourth-order valence-electron chi connectivity index (χ4n) is 1.72. The highest BCUT2D eigenvalue weighted by atomic mass is 32.1. The lowest BCUT2D eigenvalue weighted by molar-refractivity contribution is 0.291. The van der Waals surface area contributed by atoms with Crippen LogP contribution in [-0.4, -0.2) is 30.0 Å². The number of hydrogen-bond acceptors (Lipinski definition) is 3. The average molecular weight is 216 g/mol. The summed E-state index contributed by atoms with van der Waals surface area (Å²) in [5.74, 6) is 0. The Morgan fingerprint density at radius 1 is 1.29 bits per heavy atom. The van der Waals surface area contributed by atoms with E-state index in [0.29, 0.717) is 5.41 Å². The van der Waals surface area contributed by atoms with Gasteiger partial charge < -0.3 is 5.32 Å². The molecule has 1 rings (SSSR count). The Balaban J connectivity index is 2.08. The minimum Gasteiger partial charge on any atom is -0.314 e. The van der Waals surface area contributed by atoms with Gasteiger partial charge in [0.15, 0.2) is 0 Å². The van der Waals surface area contributed by atoms with E-state index in [4.69, 9.17) is 0 Å². The Labute approximate surface area is 94.0 Å². The van der Waals surface area contributed by atoms with Crippen molar-refractivity contribution in [3.05, 3.63) is 0 Å². The fourth-order valence-corrected chi connectivity index (χ4v) is 1.95. The molecule has 0 aromatic carbocycles. The quantitative estimate of drug-likeness (QED) is 0.704. The molecule has 0 bridgehead atoms. The molecule has 1 N–H and O–H groups in total. The first-order valence-electron chi connectivity index (χ1n) is 5.64. The van der Waals surface area contributed by atoms with Crippen LogP contribution in [0, 0.1) is 5.41 Å². The largest absolute Gasteiger partial charge is 0.314 e. The van der Waals surface area contributed by atoms with Crippen LogP contribution in [0.25, 0.3) is 0 Å². The van der Waals surface area contributed by atoms with Gasteiger partial charge in [-0.3, -0.25) is 4.31 Å². The van der Waals surface area contributed by atoms with Crippen molar-refractivity contribution in [1.29, 1.82) is 0 Å². The number of thiol groups is 1. The number of rotatable bonds is 3. The van der Waals surface area contributed by atoms with Gasteiger partial charge in [0.25, 0.3) is 0 Å². The van der Waals surface area contributed by atoms with E-state index in [1.54, 1.807) is 0 Å². The monoisotopic (exact) mass is 216 g/mol. The SMILES string of the molecule is CC(C)(C)CCNC1CCN(S)CC1. The molecule has 1 aliphatic heterocycles. The smallest absolute Gasteiger partial charge is 0.0102 e. The van der Waals surface area contributed by atoms with Crippen LogP contribution in [0.1, 0.15) is 40.0 Å². The second-order valence-corrected chi connectivity index (χ2v) is 6.06. The maximum absolute atomic E-state index is 4.34. The van der Waals surface area contributed by atoms with Gasteiger partial charge in [0.05, 0.1) is 0 Å². The zero-order valence-electron chi connectivity index (χ0n) is 9.71. The van der Waals surface area contributed by atoms with Gasteiger partial charge >= 0.3 is 0 Å². The molecular weight excluding hydrogens is 192 g/mol. The van der Waals surface area contributed by atoms with Crippen molar-refractivity contribution in [2.45, 2.75) is 46.1 Å². The summed E-state index contributed by atoms with van der Waals surface area (Å²) in [5.41, 5.74) is 0.456. The topological polar surface area (TPSA) is 15.3 Å². The Morgan fingerprint density at radius 2 is 1.86 bits per heavy atom. The van der Waals surface area contributed by atoms with Crippen molar-refractivity contribution in [2.24, 2.45) is 5.41 Å². The maximum atomic E-state index is 4.34. The van der Waals surface area contributed by atoms with Gasteiger partial charge in [0, 0.05) is 19.1 Å². The van der Waals surface area contributed by atoms with Crippen molar-refractivity contribution in [2.75, 3.05) is 19.6 Å². The van der Waals surface area contributed by atoms with Gasteiger partial charge in [-0.1, -0.05) is 33.6 Å². The van der Waals surface area contributed by atoms with Gasteiger partial charge in [0.2, 0.25) is 0 Å². The van der Waals surface area contributed by atoms with Crippen LogP contribution in [0.3, 0.4) is 0 Å². The zero-order chi connectivity index (χ0) is 10.6. The van der Waals surface area contributed by atoms with E-state index in [-0.39, 0.29) is 0 Å². The molecule has 0 amide bonds. The number of hydrogen-bond donors (Lipinski definition) is 2. The first-order valence-corrected chi connectivity index (χ1v) is 6.04. The van der Waals surface area contributed by atoms with E-state index in [1.165, 1.54) is 19.3 Å². The predicted molar refractivity (Wildman–Crippen MR) is 65.7 cm³/mol. The highest BCUT2D eigenvalue weighted by molar-refractivity contribution is 7.77. The van der Waals surface area contributed by atoms with E-state index in [0.717, 1.165) is 25.7 Å². The van der Waals surface area contributed by atoms with E-state index in [1.807, 2.05) is 0 Å². The molecule has 14 heavy (non-hydrogen) atoms. The molecule has 1 fully saturated rings. The summed E-state index contributed by atoms with van der Waals surface area (Å²) >= 11 is 4.34. The average Bonchev–Trinajstić information content (AvgIpc) is 2.06. The summed E-state index contributed by atoms with van der Waals surface area (Å²) < 4.78 is 2.11. The van der Waals surface area contributed by atoms with E-state index < -0.39 is 0 Å². The van der Waals surface area contributed by atoms with Crippen molar-refractivity contribution in [3.8, 4) is 0 Å². The standard InChI is InChI=1S/C11H24N2S/c1-11(2,3)6-7-12-10-4-8-13(14)9-5-10/h10,12,14H,4-9H2,1-3H3. The molecular formula is C11H24N2S. The second-order valence-electron chi connectivity index (χ2n) is 5.49. The van der Waals surface area contributed by atoms with Gasteiger partial charge in [-0.25, -0.2) is 0 Å². The third-order valence-corrected chi connectivity index (χ3v) is 3.18. The van der Waals surface area contributed by atoms with Gasteiger partial charge in [-0.05, 0) is 31.2 Å². The molecule has 0 aliphatic carbocycles. The summed E-state index contributed by atoms with van der Waals surface area (Å²) in [6.45, 7) is 10.3. The highest BCUT2D eigenvalue weighted by Gasteiger charge is 2.17. The summed E-state index contributed by atoms with van der Waals surface area (Å²) in [6.07, 6.45) is 3.75. The van der Waals surface area contributed by atoms with Crippen LogP contribution in [-0.2, 0) is 0 Å². The molecule has 0 saturated carbocycles. The minimum absolute atomic E-state index is 0.456. The molecule has 2 nitrogen and oxygen atoms in total. The van der Waals surface area contributed by atoms with Crippen molar-refractivity contribution < 1.29 is 0 Å². The molecule has 0 unspecified atom stereocenters. The normalized spacial score (nSPS) is 21.4. The van der Waals surface area contributed by atoms with Crippen LogP contribution in [0.4, 0.5) is 0 Å². The molecule has 0 atom stereocenters. The minimum atomic E-state index is 0.456. The maximum Gasteiger partial charge on any atom is 0.0102 e. The van der Waals surface area contributed by atoms with Crippen LogP contribution in [0.15, 0.2) is 0 Å². The van der Waals surface area contributed by atoms with Crippen LogP contribution in [0.2, 0.25) is 0 Å². The van der Waals surface area contributed by atoms with E-state index in [2.05, 4.69) is 43.2 Å². The van der Waals surface area contributed by atoms with Crippen molar-refractivity contribution in [1.82, 2.24) is 9.62 Å². The van der Waals surface area contributed by atoms with Crippen molar-refractivity contribution >= 4 is 12.8 Å². The van der Waals surface area contributed by atoms with Gasteiger partial charge in [0.1, 0.15) is 0 Å². The van der Waals surface area contributed by atoms with E-state index >= 15 is 0 Å². The molecule has 0 aromatic heterocycles. The second kappa shape index (κ2) is 5.38. The molecule has 1 aliphatic rings. The Hall–Kier alpha value is 0.270. The predicted octanol–water partition coefficient (Wildman–Crippen LogP) is 2.32. The molecule has 0 spiro atoms. The lowest BCUT2D eigenvalue weighted by atomic mass is 9.92. The third kappa shape index (κ3) is 5.23.